The summed E-state index contributed by atoms with van der Waals surface area (Å²) < 4.78 is 249. The Morgan fingerprint density at radius 1 is 0.494 bits per heavy atom. The third-order valence-corrected chi connectivity index (χ3v) is 17.9. The lowest BCUT2D eigenvalue weighted by Crippen LogP contribution is -2.18. The second-order valence-corrected chi connectivity index (χ2v) is 26.9. The first-order valence-electron chi connectivity index (χ1n) is 22.4. The molecule has 0 unspecified atom stereocenters. The number of anilines is 1. The number of H-pyrrole nitrogens is 1. The van der Waals surface area contributed by atoms with E-state index in [9.17, 15) is 121 Å². The molecule has 0 aliphatic carbocycles. The molecule has 0 spiro atoms. The molecule has 89 heavy (non-hydrogen) atoms. The number of aromatic amines is 1. The first-order chi connectivity index (χ1) is 41.0. The number of nitro groups is 1. The van der Waals surface area contributed by atoms with Crippen molar-refractivity contribution in [2.75, 3.05) is 5.73 Å². The number of hydrogen-bond acceptors (Lipinski definition) is 30. The third-order valence-electron chi connectivity index (χ3n) is 11.7. The summed E-state index contributed by atoms with van der Waals surface area (Å²) in [4.78, 5) is 26.5. The summed E-state index contributed by atoms with van der Waals surface area (Å²) >= 11 is 0. The van der Waals surface area contributed by atoms with Crippen molar-refractivity contribution in [1.29, 1.82) is 0 Å². The molecule has 0 bridgehead atoms. The van der Waals surface area contributed by atoms with Crippen LogP contribution in [-0.4, -0.2) is 122 Å². The van der Waals surface area contributed by atoms with Gasteiger partial charge in [0.2, 0.25) is 11.6 Å². The van der Waals surface area contributed by atoms with Gasteiger partial charge < -0.3 is 20.7 Å². The number of aromatic hydroxyl groups is 2. The van der Waals surface area contributed by atoms with E-state index in [1.54, 1.807) is 0 Å². The highest BCUT2D eigenvalue weighted by atomic mass is 32.2. The van der Waals surface area contributed by atoms with Crippen LogP contribution in [0, 0.1) is 10.1 Å². The van der Waals surface area contributed by atoms with E-state index in [1.165, 1.54) is 0 Å². The van der Waals surface area contributed by atoms with Crippen LogP contribution >= 0.6 is 0 Å². The summed E-state index contributed by atoms with van der Waals surface area (Å²) in [6.45, 7) is -0.328. The summed E-state index contributed by atoms with van der Waals surface area (Å²) in [5.74, 6) is -3.49. The standard InChI is InChI=1S/C42H28N12O28S7/c43-35-27(15-30(85(67,68)69)21-5-8-25(39(57)34(21)35)47-45-24-7-2-18(54(59)60)12-32(24)87(73,74)75)49-48-26-9-4-20-22(40(26)89(79,80)81)14-33(88(76,77)78)36(38(20)56)50-44-17-1-6-23(31(11-17)86(70,71)72)46-51-37-41(82-16-55)52-53(42(37)58)28-13-19(83(61,62)63)3-10-29(28)84(64,65)66/h1-16,52,56-57H,43H2,(H,61,62,63)(H,64,65,66)(H,67,68,69)(H,70,71,72)(H,73,74,75)(H,76,77,78)(H,79,80,81). The van der Waals surface area contributed by atoms with E-state index in [-0.39, 0.29) is 17.2 Å². The van der Waals surface area contributed by atoms with E-state index in [0.29, 0.717) is 48.5 Å². The Kier molecular flexibility index (Phi) is 16.8. The molecule has 466 valence electrons. The molecule has 0 aliphatic heterocycles. The van der Waals surface area contributed by atoms with E-state index in [2.05, 4.69) is 45.7 Å². The number of benzene rings is 7. The number of carbonyl (C=O) groups is 1. The van der Waals surface area contributed by atoms with Gasteiger partial charge in [0.05, 0.1) is 32.3 Å². The molecule has 0 saturated heterocycles. The number of aromatic nitrogens is 2. The molecule has 8 rings (SSSR count). The number of nitrogen functional groups attached to an aromatic ring is 1. The number of hydrogen-bond donors (Lipinski definition) is 11. The lowest BCUT2D eigenvalue weighted by Gasteiger charge is -2.13. The molecule has 8 aromatic rings. The van der Waals surface area contributed by atoms with E-state index < -0.39 is 217 Å². The van der Waals surface area contributed by atoms with Gasteiger partial charge in [-0.25, -0.2) is 4.68 Å². The van der Waals surface area contributed by atoms with Crippen molar-refractivity contribution in [2.24, 2.45) is 40.9 Å². The van der Waals surface area contributed by atoms with Crippen molar-refractivity contribution in [3.8, 4) is 23.1 Å². The highest BCUT2D eigenvalue weighted by Gasteiger charge is 2.31. The first kappa shape index (κ1) is 65.1. The molecule has 0 amide bonds. The van der Waals surface area contributed by atoms with Gasteiger partial charge in [-0.1, -0.05) is 6.07 Å². The van der Waals surface area contributed by atoms with Crippen molar-refractivity contribution < 1.29 is 115 Å². The molecule has 0 saturated carbocycles. The normalized spacial score (nSPS) is 13.2. The quantitative estimate of drug-likeness (QED) is 0.0106. The van der Waals surface area contributed by atoms with Crippen LogP contribution in [0.5, 0.6) is 17.4 Å². The lowest BCUT2D eigenvalue weighted by atomic mass is 10.1. The van der Waals surface area contributed by atoms with Gasteiger partial charge in [0, 0.05) is 28.3 Å². The first-order valence-corrected chi connectivity index (χ1v) is 32.5. The van der Waals surface area contributed by atoms with Crippen LogP contribution in [0.4, 0.5) is 56.9 Å². The summed E-state index contributed by atoms with van der Waals surface area (Å²) in [5.41, 5.74) is -5.19. The van der Waals surface area contributed by atoms with E-state index in [1.807, 2.05) is 5.10 Å². The minimum Gasteiger partial charge on any atom is -0.505 e. The van der Waals surface area contributed by atoms with E-state index >= 15 is 0 Å². The molecule has 12 N–H and O–H groups in total. The van der Waals surface area contributed by atoms with Crippen LogP contribution < -0.4 is 16.0 Å². The number of rotatable bonds is 19. The Balaban J connectivity index is 1.20. The average molecular weight is 1370 g/mol. The molecular weight excluding hydrogens is 1340 g/mol. The van der Waals surface area contributed by atoms with Crippen LogP contribution in [0.25, 0.3) is 27.2 Å². The van der Waals surface area contributed by atoms with Crippen LogP contribution in [0.1, 0.15) is 0 Å². The van der Waals surface area contributed by atoms with Crippen LogP contribution in [0.2, 0.25) is 0 Å². The smallest absolute Gasteiger partial charge is 0.303 e. The van der Waals surface area contributed by atoms with Gasteiger partial charge in [-0.2, -0.15) is 64.0 Å². The van der Waals surface area contributed by atoms with Crippen LogP contribution in [-0.2, 0) is 75.6 Å². The number of nitro benzene ring substituents is 1. The van der Waals surface area contributed by atoms with Crippen molar-refractivity contribution in [1.82, 2.24) is 9.78 Å². The molecule has 1 aromatic heterocycles. The maximum atomic E-state index is 13.5. The van der Waals surface area contributed by atoms with Crippen molar-refractivity contribution in [3.63, 3.8) is 0 Å². The van der Waals surface area contributed by atoms with Crippen molar-refractivity contribution >= 4 is 156 Å². The monoisotopic (exact) mass is 1370 g/mol. The SMILES string of the molecule is Nc1c(N=Nc2ccc3c(O)c(N=Nc4ccc(N=Nc5c(OC=O)[nH]n(-c6cc(S(=O)(=O)O)ccc6S(=O)(=O)O)c5=O)c(S(=O)(=O)O)c4)c(S(=O)(=O)O)cc3c2S(=O)(=O)O)cc(S(=O)(=O)O)c2ccc(N=Nc3ccc([N+](=O)[O-])cc3S(=O)(=O)O)c(O)c12. The number of nitrogens with one attached hydrogen (secondary N) is 1. The minimum absolute atomic E-state index is 0.126. The number of azo groups is 4. The largest absolute Gasteiger partial charge is 0.505 e. The molecule has 40 nitrogen and oxygen atoms in total. The zero-order valence-corrected chi connectivity index (χ0v) is 48.1. The fourth-order valence-electron chi connectivity index (χ4n) is 7.90. The fourth-order valence-corrected chi connectivity index (χ4v) is 12.5. The van der Waals surface area contributed by atoms with Crippen molar-refractivity contribution in [3.05, 3.63) is 111 Å². The third kappa shape index (κ3) is 13.3. The predicted molar refractivity (Wildman–Crippen MR) is 294 cm³/mol. The minimum atomic E-state index is -5.74. The Morgan fingerprint density at radius 2 is 1.01 bits per heavy atom. The topological polar surface area (TPSA) is 653 Å². The summed E-state index contributed by atoms with van der Waals surface area (Å²) in [6, 6.07) is 9.14. The number of nitrogens with zero attached hydrogens (tertiary/aromatic N) is 10. The van der Waals surface area contributed by atoms with Gasteiger partial charge in [0.15, 0.2) is 11.5 Å². The second-order valence-electron chi connectivity index (χ2n) is 17.2. The maximum absolute atomic E-state index is 13.5. The predicted octanol–water partition coefficient (Wildman–Crippen LogP) is 6.30. The zero-order valence-electron chi connectivity index (χ0n) is 42.4. The van der Waals surface area contributed by atoms with Gasteiger partial charge in [-0.3, -0.25) is 56.7 Å². The molecule has 47 heteroatoms. The Labute approximate surface area is 493 Å². The summed E-state index contributed by atoms with van der Waals surface area (Å²) in [6.07, 6.45) is 0. The zero-order chi connectivity index (χ0) is 66.1. The summed E-state index contributed by atoms with van der Waals surface area (Å²) in [7, 11) is -38.0. The Morgan fingerprint density at radius 3 is 1.58 bits per heavy atom. The van der Waals surface area contributed by atoms with E-state index in [4.69, 9.17) is 5.73 Å². The fraction of sp³-hybridized carbons (Fsp3) is 0. The van der Waals surface area contributed by atoms with Gasteiger partial charge >= 0.3 is 5.56 Å². The molecule has 1 heterocycles. The number of ether oxygens (including phenoxy) is 1. The van der Waals surface area contributed by atoms with Gasteiger partial charge in [-0.05, 0) is 72.8 Å². The van der Waals surface area contributed by atoms with Gasteiger partial charge in [0.1, 0.15) is 63.5 Å². The second kappa shape index (κ2) is 23.0. The molecule has 7 aromatic carbocycles. The Bertz CT molecular complexity index is 5500. The highest BCUT2D eigenvalue weighted by molar-refractivity contribution is 7.87. The number of phenolic OH excluding ortho intramolecular Hbond substituents is 2. The maximum Gasteiger partial charge on any atom is 0.303 e. The summed E-state index contributed by atoms with van der Waals surface area (Å²) in [5, 5.41) is 61.7. The van der Waals surface area contributed by atoms with Gasteiger partial charge in [0.25, 0.3) is 83.0 Å². The lowest BCUT2D eigenvalue weighted by molar-refractivity contribution is -0.385. The highest BCUT2D eigenvalue weighted by Crippen LogP contribution is 2.48. The number of fused-ring (bicyclic) bond motifs is 2. The number of carbonyl (C=O) groups excluding carboxylic acids is 1. The van der Waals surface area contributed by atoms with Crippen LogP contribution in [0.15, 0.2) is 171 Å². The van der Waals surface area contributed by atoms with Gasteiger partial charge in [-0.15, -0.1) is 35.8 Å². The number of phenols is 2. The Hall–Kier alpha value is -9.89. The average Bonchev–Trinajstić information content (AvgIpc) is 0.851. The van der Waals surface area contributed by atoms with Crippen molar-refractivity contribution in [2.45, 2.75) is 34.3 Å². The van der Waals surface area contributed by atoms with Crippen LogP contribution in [0.3, 0.4) is 0 Å². The molecular formula is C42H28N12O28S7. The number of nitrogens with two attached hydrogens (primary N) is 1. The molecule has 0 radical (unpaired) electrons. The number of non-ortho nitro benzene ring substituents is 1. The molecule has 0 aliphatic rings. The molecule has 0 atom stereocenters. The molecule has 0 fully saturated rings. The van der Waals surface area contributed by atoms with E-state index in [0.717, 1.165) is 36.4 Å².